The highest BCUT2D eigenvalue weighted by atomic mass is 16.3. The van der Waals surface area contributed by atoms with E-state index in [9.17, 15) is 0 Å². The van der Waals surface area contributed by atoms with Crippen molar-refractivity contribution in [3.63, 3.8) is 0 Å². The Morgan fingerprint density at radius 2 is 1.02 bits per heavy atom. The van der Waals surface area contributed by atoms with E-state index >= 15 is 0 Å². The quantitative estimate of drug-likeness (QED) is 0.180. The molecular weight excluding hydrogens is 671 g/mol. The monoisotopic (exact) mass is 699 g/mol. The van der Waals surface area contributed by atoms with Crippen molar-refractivity contribution in [1.82, 2.24) is 14.5 Å². The topological polar surface area (TPSA) is 43.9 Å². The van der Waals surface area contributed by atoms with Crippen LogP contribution in [0.1, 0.15) is 22.3 Å². The lowest BCUT2D eigenvalue weighted by atomic mass is 9.70. The van der Waals surface area contributed by atoms with Gasteiger partial charge in [0, 0.05) is 21.7 Å². The second-order valence-electron chi connectivity index (χ2n) is 14.9. The number of aromatic nitrogens is 3. The molecule has 0 unspecified atom stereocenters. The molecule has 0 N–H and O–H groups in total. The average molecular weight is 700 g/mol. The molecule has 13 rings (SSSR count). The van der Waals surface area contributed by atoms with Gasteiger partial charge in [0.25, 0.3) is 0 Å². The predicted molar refractivity (Wildman–Crippen MR) is 223 cm³/mol. The minimum atomic E-state index is -0.414. The Morgan fingerprint density at radius 3 is 1.76 bits per heavy atom. The molecule has 0 aliphatic heterocycles. The maximum Gasteiger partial charge on any atom is 0.247 e. The minimum Gasteiger partial charge on any atom is -0.436 e. The highest BCUT2D eigenvalue weighted by Gasteiger charge is 2.51. The first kappa shape index (κ1) is 29.2. The van der Waals surface area contributed by atoms with E-state index in [1.54, 1.807) is 0 Å². The Balaban J connectivity index is 1.14. The van der Waals surface area contributed by atoms with Gasteiger partial charge in [-0.05, 0) is 91.7 Å². The van der Waals surface area contributed by atoms with Crippen LogP contribution in [0.4, 0.5) is 0 Å². The SMILES string of the molecule is c1ccc2c(c1)-c1ccccc1C21c2ccccc2-c2cc(-c3nc4oc5ccccc5c4nc3-n3c4ccccc4c4cc5ccccc5cc43)ccc21. The molecule has 11 aromatic rings. The summed E-state index contributed by atoms with van der Waals surface area (Å²) in [5, 5.41) is 5.70. The normalized spacial score (nSPS) is 13.6. The van der Waals surface area contributed by atoms with Gasteiger partial charge in [0.05, 0.1) is 16.4 Å². The second-order valence-corrected chi connectivity index (χ2v) is 14.9. The smallest absolute Gasteiger partial charge is 0.247 e. The first-order valence-corrected chi connectivity index (χ1v) is 18.8. The van der Waals surface area contributed by atoms with Crippen molar-refractivity contribution in [2.75, 3.05) is 0 Å². The molecule has 3 heterocycles. The van der Waals surface area contributed by atoms with Gasteiger partial charge in [0.15, 0.2) is 5.82 Å². The maximum atomic E-state index is 6.44. The fourth-order valence-corrected chi connectivity index (χ4v) is 9.99. The van der Waals surface area contributed by atoms with E-state index in [0.717, 1.165) is 44.6 Å². The molecule has 0 radical (unpaired) electrons. The summed E-state index contributed by atoms with van der Waals surface area (Å²) in [5.74, 6) is 0.776. The van der Waals surface area contributed by atoms with Crippen molar-refractivity contribution in [3.8, 4) is 39.3 Å². The third-order valence-corrected chi connectivity index (χ3v) is 12.2. The molecule has 55 heavy (non-hydrogen) atoms. The maximum absolute atomic E-state index is 6.44. The summed E-state index contributed by atoms with van der Waals surface area (Å²) in [5.41, 5.74) is 15.9. The molecule has 2 aliphatic rings. The van der Waals surface area contributed by atoms with Crippen LogP contribution < -0.4 is 0 Å². The van der Waals surface area contributed by atoms with Crippen LogP contribution in [0.15, 0.2) is 180 Å². The van der Waals surface area contributed by atoms with E-state index in [0.29, 0.717) is 5.71 Å². The molecule has 0 saturated carbocycles. The van der Waals surface area contributed by atoms with Gasteiger partial charge >= 0.3 is 0 Å². The van der Waals surface area contributed by atoms with E-state index in [1.165, 1.54) is 66.1 Å². The molecule has 0 atom stereocenters. The number of para-hydroxylation sites is 2. The van der Waals surface area contributed by atoms with E-state index in [4.69, 9.17) is 14.4 Å². The third kappa shape index (κ3) is 3.66. The fraction of sp³-hybridized carbons (Fsp3) is 0.0196. The van der Waals surface area contributed by atoms with Gasteiger partial charge < -0.3 is 4.42 Å². The number of furan rings is 1. The molecule has 0 fully saturated rings. The number of hydrogen-bond acceptors (Lipinski definition) is 3. The predicted octanol–water partition coefficient (Wildman–Crippen LogP) is 12.6. The molecular formula is C51H29N3O. The molecule has 4 nitrogen and oxygen atoms in total. The summed E-state index contributed by atoms with van der Waals surface area (Å²) in [4.78, 5) is 10.9. The Hall–Kier alpha value is -7.30. The summed E-state index contributed by atoms with van der Waals surface area (Å²) < 4.78 is 8.75. The lowest BCUT2D eigenvalue weighted by molar-refractivity contribution is 0.653. The molecule has 8 aromatic carbocycles. The van der Waals surface area contributed by atoms with Crippen LogP contribution in [-0.2, 0) is 5.41 Å². The number of hydrogen-bond donors (Lipinski definition) is 0. The third-order valence-electron chi connectivity index (χ3n) is 12.2. The Morgan fingerprint density at radius 1 is 0.436 bits per heavy atom. The zero-order valence-electron chi connectivity index (χ0n) is 29.5. The van der Waals surface area contributed by atoms with Crippen LogP contribution in [0, 0.1) is 0 Å². The zero-order valence-corrected chi connectivity index (χ0v) is 29.5. The van der Waals surface area contributed by atoms with Crippen molar-refractivity contribution in [2.45, 2.75) is 5.41 Å². The van der Waals surface area contributed by atoms with Crippen LogP contribution in [-0.4, -0.2) is 14.5 Å². The molecule has 2 aliphatic carbocycles. The van der Waals surface area contributed by atoms with E-state index < -0.39 is 5.41 Å². The van der Waals surface area contributed by atoms with Gasteiger partial charge in [0.1, 0.15) is 16.8 Å². The van der Waals surface area contributed by atoms with Crippen LogP contribution >= 0.6 is 0 Å². The largest absolute Gasteiger partial charge is 0.436 e. The van der Waals surface area contributed by atoms with Crippen LogP contribution in [0.2, 0.25) is 0 Å². The summed E-state index contributed by atoms with van der Waals surface area (Å²) in [6.45, 7) is 0. The number of benzene rings is 8. The fourth-order valence-electron chi connectivity index (χ4n) is 9.99. The Labute approximate surface area is 315 Å². The van der Waals surface area contributed by atoms with Crippen LogP contribution in [0.3, 0.4) is 0 Å². The van der Waals surface area contributed by atoms with Crippen LogP contribution in [0.5, 0.6) is 0 Å². The van der Waals surface area contributed by atoms with Gasteiger partial charge in [0.2, 0.25) is 5.71 Å². The van der Waals surface area contributed by atoms with Crippen molar-refractivity contribution in [1.29, 1.82) is 0 Å². The Kier molecular flexibility index (Phi) is 5.54. The lowest BCUT2D eigenvalue weighted by Gasteiger charge is -2.30. The molecule has 0 bridgehead atoms. The average Bonchev–Trinajstić information content (AvgIpc) is 3.95. The Bertz CT molecular complexity index is 3410. The van der Waals surface area contributed by atoms with Crippen molar-refractivity contribution >= 4 is 54.8 Å². The summed E-state index contributed by atoms with van der Waals surface area (Å²) in [6, 6.07) is 63.7. The van der Waals surface area contributed by atoms with Crippen LogP contribution in [0.25, 0.3) is 94.1 Å². The number of fused-ring (bicyclic) bond motifs is 17. The lowest BCUT2D eigenvalue weighted by Crippen LogP contribution is -2.25. The molecule has 0 amide bonds. The van der Waals surface area contributed by atoms with E-state index in [-0.39, 0.29) is 0 Å². The number of rotatable bonds is 2. The molecule has 3 aromatic heterocycles. The molecule has 0 saturated heterocycles. The van der Waals surface area contributed by atoms with Gasteiger partial charge in [-0.15, -0.1) is 0 Å². The second kappa shape index (κ2) is 10.4. The van der Waals surface area contributed by atoms with Gasteiger partial charge in [-0.2, -0.15) is 0 Å². The summed E-state index contributed by atoms with van der Waals surface area (Å²) in [6.07, 6.45) is 0. The molecule has 4 heteroatoms. The molecule has 254 valence electrons. The van der Waals surface area contributed by atoms with Gasteiger partial charge in [-0.25, -0.2) is 9.97 Å². The van der Waals surface area contributed by atoms with Crippen molar-refractivity contribution in [3.05, 3.63) is 198 Å². The van der Waals surface area contributed by atoms with Crippen molar-refractivity contribution in [2.24, 2.45) is 0 Å². The first-order chi connectivity index (χ1) is 27.3. The van der Waals surface area contributed by atoms with Gasteiger partial charge in [-0.1, -0.05) is 140 Å². The van der Waals surface area contributed by atoms with E-state index in [2.05, 4.69) is 162 Å². The zero-order chi connectivity index (χ0) is 35.8. The minimum absolute atomic E-state index is 0.414. The highest BCUT2D eigenvalue weighted by Crippen LogP contribution is 2.63. The van der Waals surface area contributed by atoms with Gasteiger partial charge in [-0.3, -0.25) is 4.57 Å². The summed E-state index contributed by atoms with van der Waals surface area (Å²) >= 11 is 0. The van der Waals surface area contributed by atoms with E-state index in [1.807, 2.05) is 18.2 Å². The standard InChI is InChI=1S/C51H29N3O/c1-2-14-31-29-45-39(27-30(31)13-1)36-18-6-11-23-44(36)54(45)49-47(53-50-48(52-49)37-19-7-12-24-46(37)55-50)32-25-26-43-38(28-32)35-17-5-10-22-42(35)51(43)40-20-8-3-15-33(40)34-16-4-9-21-41(34)51/h1-29H. The highest BCUT2D eigenvalue weighted by molar-refractivity contribution is 6.14. The molecule has 1 spiro atoms. The van der Waals surface area contributed by atoms with Crippen molar-refractivity contribution < 1.29 is 4.42 Å². The summed E-state index contributed by atoms with van der Waals surface area (Å²) in [7, 11) is 0. The number of nitrogens with zero attached hydrogens (tertiary/aromatic N) is 3. The first-order valence-electron chi connectivity index (χ1n) is 18.8.